The lowest BCUT2D eigenvalue weighted by Crippen LogP contribution is -2.45. The summed E-state index contributed by atoms with van der Waals surface area (Å²) in [4.78, 5) is 0. The van der Waals surface area contributed by atoms with E-state index in [9.17, 15) is 8.42 Å². The van der Waals surface area contributed by atoms with Crippen molar-refractivity contribution in [3.8, 4) is 0 Å². The molecule has 0 aromatic carbocycles. The molecule has 0 bridgehead atoms. The third-order valence-electron chi connectivity index (χ3n) is 3.68. The lowest BCUT2D eigenvalue weighted by atomic mass is 10.1. The molecule has 18 heavy (non-hydrogen) atoms. The van der Waals surface area contributed by atoms with Gasteiger partial charge in [0.25, 0.3) is 0 Å². The minimum Gasteiger partial charge on any atom is -0.377 e. The summed E-state index contributed by atoms with van der Waals surface area (Å²) in [6, 6.07) is 0.462. The third kappa shape index (κ3) is 4.06. The molecule has 2 fully saturated rings. The molecule has 0 aliphatic carbocycles. The van der Waals surface area contributed by atoms with Crippen molar-refractivity contribution >= 4 is 22.4 Å². The van der Waals surface area contributed by atoms with Gasteiger partial charge in [-0.2, -0.15) is 0 Å². The van der Waals surface area contributed by atoms with Crippen molar-refractivity contribution in [1.29, 1.82) is 0 Å². The van der Waals surface area contributed by atoms with Gasteiger partial charge in [-0.05, 0) is 32.7 Å². The van der Waals surface area contributed by atoms with Crippen LogP contribution in [-0.4, -0.2) is 57.4 Å². The predicted octanol–water partition coefficient (Wildman–Crippen LogP) is 0.601. The smallest absolute Gasteiger partial charge is 0.216 e. The highest BCUT2D eigenvalue weighted by atomic mass is 35.5. The van der Waals surface area contributed by atoms with Gasteiger partial charge in [0, 0.05) is 25.7 Å². The molecular weight excluding hydrogens is 276 g/mol. The molecule has 0 radical (unpaired) electrons. The van der Waals surface area contributed by atoms with Gasteiger partial charge in [-0.25, -0.2) is 12.7 Å². The summed E-state index contributed by atoms with van der Waals surface area (Å²) < 4.78 is 31.4. The Hall–Kier alpha value is 0.120. The first-order chi connectivity index (χ1) is 8.12. The van der Waals surface area contributed by atoms with Crippen molar-refractivity contribution in [2.75, 3.05) is 32.5 Å². The van der Waals surface area contributed by atoms with E-state index in [4.69, 9.17) is 4.74 Å². The van der Waals surface area contributed by atoms with Crippen molar-refractivity contribution in [2.24, 2.45) is 0 Å². The van der Waals surface area contributed by atoms with Crippen molar-refractivity contribution in [3.63, 3.8) is 0 Å². The molecule has 2 heterocycles. The number of nitrogens with one attached hydrogen (secondary N) is 1. The van der Waals surface area contributed by atoms with Gasteiger partial charge in [-0.1, -0.05) is 0 Å². The van der Waals surface area contributed by atoms with Crippen LogP contribution in [0.25, 0.3) is 0 Å². The van der Waals surface area contributed by atoms with E-state index in [0.29, 0.717) is 25.7 Å². The number of hydrogen-bond donors (Lipinski definition) is 1. The van der Waals surface area contributed by atoms with Crippen molar-refractivity contribution in [2.45, 2.75) is 37.8 Å². The second kappa shape index (κ2) is 7.05. The summed E-state index contributed by atoms with van der Waals surface area (Å²) >= 11 is 0. The van der Waals surface area contributed by atoms with E-state index < -0.39 is 10.0 Å². The van der Waals surface area contributed by atoms with Crippen LogP contribution >= 0.6 is 12.4 Å². The molecule has 1 N–H and O–H groups in total. The molecule has 7 heteroatoms. The van der Waals surface area contributed by atoms with Crippen LogP contribution in [0.2, 0.25) is 0 Å². The molecule has 0 aromatic heterocycles. The van der Waals surface area contributed by atoms with Gasteiger partial charge < -0.3 is 10.1 Å². The first-order valence-electron chi connectivity index (χ1n) is 6.38. The predicted molar refractivity (Wildman–Crippen MR) is 73.7 cm³/mol. The van der Waals surface area contributed by atoms with Gasteiger partial charge in [-0.3, -0.25) is 0 Å². The van der Waals surface area contributed by atoms with Crippen LogP contribution in [0, 0.1) is 0 Å². The van der Waals surface area contributed by atoms with Crippen LogP contribution in [0.3, 0.4) is 0 Å². The summed E-state index contributed by atoms with van der Waals surface area (Å²) in [5, 5.41) is 3.20. The van der Waals surface area contributed by atoms with Gasteiger partial charge in [0.1, 0.15) is 0 Å². The monoisotopic (exact) mass is 298 g/mol. The largest absolute Gasteiger partial charge is 0.377 e. The molecule has 1 atom stereocenters. The number of ether oxygens (including phenoxy) is 1. The summed E-state index contributed by atoms with van der Waals surface area (Å²) in [5.41, 5.74) is 0. The Morgan fingerprint density at radius 1 is 1.28 bits per heavy atom. The normalized spacial score (nSPS) is 27.1. The number of nitrogens with zero attached hydrogens (tertiary/aromatic N) is 1. The van der Waals surface area contributed by atoms with Gasteiger partial charge in [0.05, 0.1) is 11.9 Å². The fourth-order valence-electron chi connectivity index (χ4n) is 2.54. The Kier molecular flexibility index (Phi) is 6.34. The van der Waals surface area contributed by atoms with Crippen LogP contribution in [-0.2, 0) is 14.8 Å². The lowest BCUT2D eigenvalue weighted by Gasteiger charge is -2.31. The zero-order chi connectivity index (χ0) is 12.3. The minimum absolute atomic E-state index is 0. The highest BCUT2D eigenvalue weighted by Crippen LogP contribution is 2.19. The second-order valence-electron chi connectivity index (χ2n) is 4.88. The lowest BCUT2D eigenvalue weighted by molar-refractivity contribution is 0.126. The van der Waals surface area contributed by atoms with Gasteiger partial charge in [0.15, 0.2) is 0 Å². The second-order valence-corrected chi connectivity index (χ2v) is 6.89. The fraction of sp³-hybridized carbons (Fsp3) is 1.00. The van der Waals surface area contributed by atoms with Crippen molar-refractivity contribution in [3.05, 3.63) is 0 Å². The molecule has 0 aromatic rings. The Labute approximate surface area is 116 Å². The number of piperidine rings is 1. The third-order valence-corrected chi connectivity index (χ3v) is 5.62. The van der Waals surface area contributed by atoms with Crippen LogP contribution in [0.5, 0.6) is 0 Å². The number of sulfonamides is 1. The van der Waals surface area contributed by atoms with Gasteiger partial charge in [-0.15, -0.1) is 12.4 Å². The standard InChI is InChI=1S/C11H22N2O3S.ClH/c1-12-10-4-6-13(7-5-10)17(14,15)9-11-3-2-8-16-11;/h10-12H,2-9H2,1H3;1H. The van der Waals surface area contributed by atoms with Crippen LogP contribution in [0.4, 0.5) is 0 Å². The van der Waals surface area contributed by atoms with Gasteiger partial charge >= 0.3 is 0 Å². The number of rotatable bonds is 4. The minimum atomic E-state index is -3.12. The zero-order valence-corrected chi connectivity index (χ0v) is 12.4. The highest BCUT2D eigenvalue weighted by Gasteiger charge is 2.31. The van der Waals surface area contributed by atoms with Crippen LogP contribution < -0.4 is 5.32 Å². The SMILES string of the molecule is CNC1CCN(S(=O)(=O)CC2CCCO2)CC1.Cl. The summed E-state index contributed by atoms with van der Waals surface area (Å²) in [7, 11) is -1.19. The van der Waals surface area contributed by atoms with E-state index in [1.807, 2.05) is 7.05 Å². The Balaban J connectivity index is 0.00000162. The Bertz CT molecular complexity index is 336. The van der Waals surface area contributed by atoms with E-state index in [-0.39, 0.29) is 24.3 Å². The molecule has 5 nitrogen and oxygen atoms in total. The van der Waals surface area contributed by atoms with E-state index in [1.165, 1.54) is 0 Å². The maximum absolute atomic E-state index is 12.2. The fourth-order valence-corrected chi connectivity index (χ4v) is 4.25. The maximum Gasteiger partial charge on any atom is 0.216 e. The quantitative estimate of drug-likeness (QED) is 0.826. The van der Waals surface area contributed by atoms with Crippen molar-refractivity contribution < 1.29 is 13.2 Å². The van der Waals surface area contributed by atoms with E-state index >= 15 is 0 Å². The molecule has 1 unspecified atom stereocenters. The van der Waals surface area contributed by atoms with E-state index in [1.54, 1.807) is 4.31 Å². The Morgan fingerprint density at radius 2 is 1.94 bits per heavy atom. The maximum atomic E-state index is 12.2. The first kappa shape index (κ1) is 16.2. The number of halogens is 1. The molecular formula is C11H23ClN2O3S. The molecule has 108 valence electrons. The molecule has 0 saturated carbocycles. The molecule has 2 aliphatic rings. The zero-order valence-electron chi connectivity index (χ0n) is 10.8. The molecule has 2 saturated heterocycles. The summed E-state index contributed by atoms with van der Waals surface area (Å²) in [6.07, 6.45) is 3.60. The van der Waals surface area contributed by atoms with Crippen molar-refractivity contribution in [1.82, 2.24) is 9.62 Å². The number of hydrogen-bond acceptors (Lipinski definition) is 4. The van der Waals surface area contributed by atoms with E-state index in [2.05, 4.69) is 5.32 Å². The molecule has 2 rings (SSSR count). The van der Waals surface area contributed by atoms with Gasteiger partial charge in [0.2, 0.25) is 10.0 Å². The molecule has 0 spiro atoms. The Morgan fingerprint density at radius 3 is 2.44 bits per heavy atom. The first-order valence-corrected chi connectivity index (χ1v) is 7.99. The molecule has 2 aliphatic heterocycles. The summed E-state index contributed by atoms with van der Waals surface area (Å²) in [5.74, 6) is 0.164. The van der Waals surface area contributed by atoms with Crippen LogP contribution in [0.1, 0.15) is 25.7 Å². The van der Waals surface area contributed by atoms with Crippen LogP contribution in [0.15, 0.2) is 0 Å². The average Bonchev–Trinajstić information content (AvgIpc) is 2.81. The average molecular weight is 299 g/mol. The topological polar surface area (TPSA) is 58.6 Å². The summed E-state index contributed by atoms with van der Waals surface area (Å²) in [6.45, 7) is 1.99. The molecule has 0 amide bonds. The van der Waals surface area contributed by atoms with E-state index in [0.717, 1.165) is 25.7 Å². The highest BCUT2D eigenvalue weighted by molar-refractivity contribution is 7.89.